The lowest BCUT2D eigenvalue weighted by Crippen LogP contribution is -2.60. The van der Waals surface area contributed by atoms with Crippen molar-refractivity contribution in [3.63, 3.8) is 0 Å². The van der Waals surface area contributed by atoms with E-state index in [9.17, 15) is 65.8 Å². The maximum Gasteiger partial charge on any atom is 0.229 e. The molecule has 0 radical (unpaired) electrons. The van der Waals surface area contributed by atoms with Gasteiger partial charge >= 0.3 is 0 Å². The molecule has 324 valence electrons. The molecular formula is C43H44O18. The summed E-state index contributed by atoms with van der Waals surface area (Å²) < 4.78 is 29.0. The fourth-order valence-electron chi connectivity index (χ4n) is 8.97. The summed E-state index contributed by atoms with van der Waals surface area (Å²) in [5.41, 5.74) is 0.874. The van der Waals surface area contributed by atoms with Crippen LogP contribution >= 0.6 is 0 Å². The van der Waals surface area contributed by atoms with E-state index < -0.39 is 121 Å². The fraction of sp³-hybridized carbons (Fsp3) is 0.395. The minimum atomic E-state index is -1.92. The van der Waals surface area contributed by atoms with Crippen molar-refractivity contribution in [3.8, 4) is 34.5 Å². The van der Waals surface area contributed by atoms with Crippen LogP contribution in [0.15, 0.2) is 48.5 Å². The number of phenolic OH excluding ortho intramolecular Hbond substituents is 3. The van der Waals surface area contributed by atoms with Gasteiger partial charge in [-0.05, 0) is 71.5 Å². The Balaban J connectivity index is 1.38. The molecule has 0 amide bonds. The van der Waals surface area contributed by atoms with E-state index in [1.807, 2.05) is 0 Å². The second-order valence-corrected chi connectivity index (χ2v) is 15.7. The summed E-state index contributed by atoms with van der Waals surface area (Å²) in [6.45, 7) is 1.78. The summed E-state index contributed by atoms with van der Waals surface area (Å²) in [7, 11) is 1.33. The molecule has 8 rings (SSSR count). The van der Waals surface area contributed by atoms with E-state index >= 15 is 0 Å². The fourth-order valence-corrected chi connectivity index (χ4v) is 8.97. The average Bonchev–Trinajstić information content (AvgIpc) is 3.21. The van der Waals surface area contributed by atoms with Crippen LogP contribution in [0.2, 0.25) is 0 Å². The number of aliphatic hydroxyl groups is 8. The minimum Gasteiger partial charge on any atom is -0.508 e. The van der Waals surface area contributed by atoms with Gasteiger partial charge in [0.05, 0.1) is 42.6 Å². The van der Waals surface area contributed by atoms with Gasteiger partial charge in [-0.1, -0.05) is 12.1 Å². The molecule has 4 aliphatic rings. The van der Waals surface area contributed by atoms with Crippen LogP contribution in [0, 0.1) is 13.8 Å². The van der Waals surface area contributed by atoms with Crippen molar-refractivity contribution in [3.05, 3.63) is 104 Å². The van der Waals surface area contributed by atoms with Crippen LogP contribution < -0.4 is 14.2 Å². The van der Waals surface area contributed by atoms with Gasteiger partial charge in [0, 0.05) is 24.0 Å². The Kier molecular flexibility index (Phi) is 11.0. The molecule has 2 fully saturated rings. The predicted molar refractivity (Wildman–Crippen MR) is 206 cm³/mol. The maximum absolute atomic E-state index is 14.8. The van der Waals surface area contributed by atoms with Crippen molar-refractivity contribution in [1.82, 2.24) is 0 Å². The van der Waals surface area contributed by atoms with E-state index in [0.717, 1.165) is 6.07 Å². The molecule has 2 heterocycles. The third-order valence-electron chi connectivity index (χ3n) is 11.8. The Morgan fingerprint density at radius 3 is 1.36 bits per heavy atom. The molecule has 11 N–H and O–H groups in total. The summed E-state index contributed by atoms with van der Waals surface area (Å²) in [6, 6.07) is 11.1. The van der Waals surface area contributed by atoms with Crippen molar-refractivity contribution in [1.29, 1.82) is 0 Å². The van der Waals surface area contributed by atoms with Crippen LogP contribution in [0.1, 0.15) is 77.1 Å². The van der Waals surface area contributed by atoms with Crippen molar-refractivity contribution in [2.24, 2.45) is 0 Å². The number of benzene rings is 4. The number of hydrogen-bond donors (Lipinski definition) is 11. The van der Waals surface area contributed by atoms with Crippen LogP contribution in [-0.4, -0.2) is 149 Å². The molecule has 0 unspecified atom stereocenters. The largest absolute Gasteiger partial charge is 0.508 e. The Bertz CT molecular complexity index is 2410. The lowest BCUT2D eigenvalue weighted by molar-refractivity contribution is -0.277. The first-order valence-electron chi connectivity index (χ1n) is 19.3. The minimum absolute atomic E-state index is 0.0681. The number of ether oxygens (including phenoxy) is 5. The number of fused-ring (bicyclic) bond motifs is 4. The number of rotatable bonds is 8. The van der Waals surface area contributed by atoms with Gasteiger partial charge in [-0.3, -0.25) is 9.59 Å². The first kappa shape index (κ1) is 42.3. The van der Waals surface area contributed by atoms with Gasteiger partial charge in [0.25, 0.3) is 0 Å². The maximum atomic E-state index is 14.8. The average molecular weight is 849 g/mol. The van der Waals surface area contributed by atoms with E-state index in [1.165, 1.54) is 37.4 Å². The topological polar surface area (TPSA) is 303 Å². The quantitative estimate of drug-likeness (QED) is 0.110. The van der Waals surface area contributed by atoms with Crippen molar-refractivity contribution >= 4 is 11.6 Å². The highest BCUT2D eigenvalue weighted by Crippen LogP contribution is 2.57. The van der Waals surface area contributed by atoms with Gasteiger partial charge in [0.1, 0.15) is 83.3 Å². The van der Waals surface area contributed by atoms with Crippen molar-refractivity contribution in [2.45, 2.75) is 87.1 Å². The molecule has 61 heavy (non-hydrogen) atoms. The molecule has 18 nitrogen and oxygen atoms in total. The Morgan fingerprint density at radius 1 is 0.525 bits per heavy atom. The summed E-state index contributed by atoms with van der Waals surface area (Å²) in [5.74, 6) is -5.76. The van der Waals surface area contributed by atoms with Crippen LogP contribution in [0.4, 0.5) is 0 Å². The van der Waals surface area contributed by atoms with E-state index in [2.05, 4.69) is 0 Å². The van der Waals surface area contributed by atoms with E-state index in [0.29, 0.717) is 11.1 Å². The second kappa shape index (κ2) is 15.8. The molecule has 12 atom stereocenters. The molecular weight excluding hydrogens is 804 g/mol. The number of aryl methyl sites for hydroxylation is 2. The van der Waals surface area contributed by atoms with Crippen molar-refractivity contribution in [2.75, 3.05) is 20.3 Å². The third kappa shape index (κ3) is 6.85. The Hall–Kier alpha value is -5.38. The summed E-state index contributed by atoms with van der Waals surface area (Å²) in [6.07, 6.45) is -17.3. The number of carbonyl (C=O) groups excluding carboxylic acids is 2. The molecule has 0 bridgehead atoms. The number of ketones is 2. The Morgan fingerprint density at radius 2 is 0.934 bits per heavy atom. The number of hydrogen-bond acceptors (Lipinski definition) is 18. The first-order chi connectivity index (χ1) is 29.0. The van der Waals surface area contributed by atoms with Gasteiger partial charge in [-0.15, -0.1) is 0 Å². The lowest BCUT2D eigenvalue weighted by Gasteiger charge is -2.42. The third-order valence-corrected chi connectivity index (χ3v) is 11.8. The van der Waals surface area contributed by atoms with Crippen LogP contribution in [0.5, 0.6) is 34.5 Å². The zero-order valence-electron chi connectivity index (χ0n) is 32.7. The molecule has 0 aromatic heterocycles. The summed E-state index contributed by atoms with van der Waals surface area (Å²) in [5, 5.41) is 118. The molecule has 18 heteroatoms. The molecule has 2 aliphatic heterocycles. The van der Waals surface area contributed by atoms with E-state index in [-0.39, 0.29) is 56.0 Å². The Labute approximate surface area is 346 Å². The van der Waals surface area contributed by atoms with Crippen LogP contribution in [0.3, 0.4) is 0 Å². The molecule has 0 spiro atoms. The van der Waals surface area contributed by atoms with E-state index in [1.54, 1.807) is 26.0 Å². The molecule has 2 aliphatic carbocycles. The number of aromatic hydroxyl groups is 3. The van der Waals surface area contributed by atoms with Gasteiger partial charge in [0.15, 0.2) is 0 Å². The molecule has 2 saturated heterocycles. The highest BCUT2D eigenvalue weighted by molar-refractivity contribution is 6.18. The van der Waals surface area contributed by atoms with Gasteiger partial charge in [0.2, 0.25) is 24.1 Å². The predicted octanol–water partition coefficient (Wildman–Crippen LogP) is -0.161. The number of carbonyl (C=O) groups is 2. The van der Waals surface area contributed by atoms with Crippen LogP contribution in [0.25, 0.3) is 0 Å². The smallest absolute Gasteiger partial charge is 0.229 e. The number of aliphatic hydroxyl groups excluding tert-OH is 8. The summed E-state index contributed by atoms with van der Waals surface area (Å²) >= 11 is 0. The molecule has 0 saturated carbocycles. The SMILES string of the molecule is COc1cc(O[C@@H]2O[C@H](CO)[C@@H](O)[C@H](O)[C@H]2O)c2c(c1)[C@@H]([C@@H]1c3cc(C)cc(O)c3C(=O)c3c(O[C@@H]4O[C@H](CO)[C@@H](O)[C@H](O)[C@H]4O)cc(O)cc31)c1cc(C)cc(O)c1C2=O. The monoisotopic (exact) mass is 848 g/mol. The summed E-state index contributed by atoms with van der Waals surface area (Å²) in [4.78, 5) is 29.5. The van der Waals surface area contributed by atoms with Gasteiger partial charge in [-0.2, -0.15) is 0 Å². The number of methoxy groups -OCH3 is 1. The molecule has 4 aromatic carbocycles. The first-order valence-corrected chi connectivity index (χ1v) is 19.3. The standard InChI is InChI=1S/C43H44O18/c1-14-4-18-28(20-8-16(46)9-24(32(20)36(51)30(18)22(47)6-14)58-42-40(55)38(53)34(49)26(12-44)60-42)29-19-5-15(2)7-23(48)31(19)37(52)33-21(29)10-17(57-3)11-25(33)59-43-41(56)39(54)35(50)27(13-45)61-43/h4-11,26-29,34-35,38-50,53-56H,12-13H2,1-3H3/t26-,27-,28-,29+,34-,35-,38+,39+,40-,41-,42-,43-/m1/s1. The van der Waals surface area contributed by atoms with Crippen LogP contribution in [-0.2, 0) is 9.47 Å². The van der Waals surface area contributed by atoms with Gasteiger partial charge in [-0.25, -0.2) is 0 Å². The van der Waals surface area contributed by atoms with E-state index in [4.69, 9.17) is 23.7 Å². The van der Waals surface area contributed by atoms with Gasteiger partial charge < -0.3 is 79.9 Å². The normalized spacial score (nSPS) is 30.5. The number of phenols is 3. The highest BCUT2D eigenvalue weighted by Gasteiger charge is 2.50. The van der Waals surface area contributed by atoms with Crippen molar-refractivity contribution < 1.29 is 89.4 Å². The molecule has 4 aromatic rings. The zero-order chi connectivity index (χ0) is 43.9. The highest BCUT2D eigenvalue weighted by atomic mass is 16.7. The lowest BCUT2D eigenvalue weighted by atomic mass is 9.63. The zero-order valence-corrected chi connectivity index (χ0v) is 32.7. The second-order valence-electron chi connectivity index (χ2n) is 15.7.